The summed E-state index contributed by atoms with van der Waals surface area (Å²) in [5.74, 6) is 0.812. The summed E-state index contributed by atoms with van der Waals surface area (Å²) in [5.41, 5.74) is 2.08. The molecule has 0 radical (unpaired) electrons. The molecule has 11 nitrogen and oxygen atoms in total. The molecule has 2 atom stereocenters. The molecule has 2 saturated heterocycles. The van der Waals surface area contributed by atoms with Crippen molar-refractivity contribution in [1.82, 2.24) is 24.9 Å². The van der Waals surface area contributed by atoms with E-state index in [1.807, 2.05) is 31.3 Å². The predicted octanol–water partition coefficient (Wildman–Crippen LogP) is 4.16. The second kappa shape index (κ2) is 11.0. The number of rotatable bonds is 5. The van der Waals surface area contributed by atoms with Gasteiger partial charge in [-0.05, 0) is 64.2 Å². The van der Waals surface area contributed by atoms with Crippen LogP contribution in [-0.2, 0) is 26.4 Å². The summed E-state index contributed by atoms with van der Waals surface area (Å²) >= 11 is 0. The Balaban J connectivity index is 1.15. The summed E-state index contributed by atoms with van der Waals surface area (Å²) < 4.78 is 33.9. The minimum Gasteiger partial charge on any atom is -0.482 e. The summed E-state index contributed by atoms with van der Waals surface area (Å²) in [7, 11) is 0. The van der Waals surface area contributed by atoms with E-state index in [1.54, 1.807) is 30.4 Å². The zero-order chi connectivity index (χ0) is 30.5. The fourth-order valence-electron chi connectivity index (χ4n) is 5.97. The van der Waals surface area contributed by atoms with Crippen molar-refractivity contribution in [3.05, 3.63) is 35.5 Å². The van der Waals surface area contributed by atoms with Gasteiger partial charge in [-0.2, -0.15) is 5.10 Å². The first-order valence-electron chi connectivity index (χ1n) is 15.1. The summed E-state index contributed by atoms with van der Waals surface area (Å²) in [5, 5.41) is 7.52. The molecule has 1 aromatic carbocycles. The van der Waals surface area contributed by atoms with Crippen LogP contribution in [-0.4, -0.2) is 88.3 Å². The average molecular weight is 598 g/mol. The zero-order valence-electron chi connectivity index (χ0n) is 25.2. The van der Waals surface area contributed by atoms with Gasteiger partial charge in [0.05, 0.1) is 19.2 Å². The maximum atomic E-state index is 14.8. The highest BCUT2D eigenvalue weighted by atomic mass is 19.1. The molecule has 3 fully saturated rings. The number of aromatic nitrogens is 2. The SMILES string of the molecule is Cc1ccc2c(c1)OC1(CCN(C(=O)OCC3CC3)CC1)c1cn(CC(=O)N[C@H]3CN(C(=O)OC(C)(C)C)C[C@H]3F)nc1-2. The lowest BCUT2D eigenvalue weighted by Gasteiger charge is -2.43. The maximum Gasteiger partial charge on any atom is 0.410 e. The molecule has 2 aromatic rings. The molecule has 12 heteroatoms. The Bertz CT molecular complexity index is 1410. The summed E-state index contributed by atoms with van der Waals surface area (Å²) in [4.78, 5) is 41.1. The standard InChI is InChI=1S/C31H40FN5O6/c1-19-5-8-21-25(13-19)42-31(9-11-35(12-10-31)28(39)41-18-20-6-7-20)22-14-37(34-27(21)22)17-26(38)33-24-16-36(15-23(24)32)29(40)43-30(2,3)4/h5,8,13-14,20,23-24H,6-7,9-12,15-18H2,1-4H3,(H,33,38)/t23-,24+/m1/s1. The molecule has 1 aromatic heterocycles. The lowest BCUT2D eigenvalue weighted by atomic mass is 9.81. The van der Waals surface area contributed by atoms with Gasteiger partial charge in [0.1, 0.15) is 35.4 Å². The van der Waals surface area contributed by atoms with Crippen LogP contribution in [0.5, 0.6) is 5.75 Å². The van der Waals surface area contributed by atoms with Crippen LogP contribution in [0.3, 0.4) is 0 Å². The lowest BCUT2D eigenvalue weighted by molar-refractivity contribution is -0.122. The monoisotopic (exact) mass is 597 g/mol. The van der Waals surface area contributed by atoms with Gasteiger partial charge in [-0.3, -0.25) is 9.48 Å². The van der Waals surface area contributed by atoms with E-state index in [1.165, 1.54) is 4.90 Å². The van der Waals surface area contributed by atoms with Crippen LogP contribution in [0.1, 0.15) is 57.6 Å². The molecule has 0 bridgehead atoms. The number of alkyl halides is 1. The van der Waals surface area contributed by atoms with Crippen LogP contribution >= 0.6 is 0 Å². The third kappa shape index (κ3) is 6.28. The van der Waals surface area contributed by atoms with Gasteiger partial charge < -0.3 is 29.3 Å². The topological polar surface area (TPSA) is 115 Å². The van der Waals surface area contributed by atoms with Crippen LogP contribution < -0.4 is 10.1 Å². The molecule has 6 rings (SSSR count). The van der Waals surface area contributed by atoms with Crippen molar-refractivity contribution >= 4 is 18.1 Å². The Kier molecular flexibility index (Phi) is 7.50. The average Bonchev–Trinajstić information content (AvgIpc) is 3.56. The van der Waals surface area contributed by atoms with Gasteiger partial charge in [0.2, 0.25) is 5.91 Å². The van der Waals surface area contributed by atoms with Crippen molar-refractivity contribution in [2.45, 2.75) is 83.3 Å². The normalized spacial score (nSPS) is 22.4. The van der Waals surface area contributed by atoms with Crippen LogP contribution in [0.25, 0.3) is 11.3 Å². The van der Waals surface area contributed by atoms with Gasteiger partial charge in [0, 0.05) is 49.8 Å². The lowest BCUT2D eigenvalue weighted by Crippen LogP contribution is -2.49. The van der Waals surface area contributed by atoms with E-state index in [4.69, 9.17) is 19.3 Å². The van der Waals surface area contributed by atoms with Crippen molar-refractivity contribution in [2.24, 2.45) is 5.92 Å². The molecule has 0 unspecified atom stereocenters. The van der Waals surface area contributed by atoms with Gasteiger partial charge in [-0.25, -0.2) is 14.0 Å². The molecule has 1 spiro atoms. The van der Waals surface area contributed by atoms with Gasteiger partial charge in [0.15, 0.2) is 0 Å². The molecular weight excluding hydrogens is 557 g/mol. The smallest absolute Gasteiger partial charge is 0.410 e. The molecule has 232 valence electrons. The number of piperidine rings is 1. The van der Waals surface area contributed by atoms with Crippen LogP contribution in [0.15, 0.2) is 24.4 Å². The number of aryl methyl sites for hydroxylation is 1. The number of carbonyl (C=O) groups excluding carboxylic acids is 3. The molecule has 1 N–H and O–H groups in total. The molecule has 43 heavy (non-hydrogen) atoms. The van der Waals surface area contributed by atoms with Crippen molar-refractivity contribution in [3.8, 4) is 17.0 Å². The number of fused-ring (bicyclic) bond motifs is 4. The van der Waals surface area contributed by atoms with Crippen LogP contribution in [0.4, 0.5) is 14.0 Å². The minimum atomic E-state index is -1.41. The van der Waals surface area contributed by atoms with E-state index in [9.17, 15) is 18.8 Å². The quantitative estimate of drug-likeness (QED) is 0.550. The highest BCUT2D eigenvalue weighted by molar-refractivity contribution is 5.78. The summed E-state index contributed by atoms with van der Waals surface area (Å²) in [6, 6.07) is 5.11. The summed E-state index contributed by atoms with van der Waals surface area (Å²) in [6.07, 6.45) is 2.87. The van der Waals surface area contributed by atoms with Crippen molar-refractivity contribution in [1.29, 1.82) is 0 Å². The first kappa shape index (κ1) is 29.3. The number of halogens is 1. The highest BCUT2D eigenvalue weighted by Gasteiger charge is 2.46. The number of nitrogens with zero attached hydrogens (tertiary/aromatic N) is 4. The van der Waals surface area contributed by atoms with E-state index < -0.39 is 35.4 Å². The van der Waals surface area contributed by atoms with E-state index in [0.29, 0.717) is 38.5 Å². The number of hydrogen-bond donors (Lipinski definition) is 1. The third-order valence-electron chi connectivity index (χ3n) is 8.47. The Morgan fingerprint density at radius 2 is 1.86 bits per heavy atom. The molecule has 4 heterocycles. The van der Waals surface area contributed by atoms with E-state index >= 15 is 0 Å². The Morgan fingerprint density at radius 3 is 2.56 bits per heavy atom. The highest BCUT2D eigenvalue weighted by Crippen LogP contribution is 2.49. The van der Waals surface area contributed by atoms with Crippen LogP contribution in [0.2, 0.25) is 0 Å². The fourth-order valence-corrected chi connectivity index (χ4v) is 5.97. The molecule has 3 aliphatic heterocycles. The van der Waals surface area contributed by atoms with Gasteiger partial charge in [-0.15, -0.1) is 0 Å². The number of hydrogen-bond acceptors (Lipinski definition) is 7. The van der Waals surface area contributed by atoms with E-state index in [0.717, 1.165) is 41.0 Å². The second-order valence-electron chi connectivity index (χ2n) is 13.3. The van der Waals surface area contributed by atoms with Gasteiger partial charge in [-0.1, -0.05) is 6.07 Å². The van der Waals surface area contributed by atoms with Gasteiger partial charge >= 0.3 is 12.2 Å². The number of nitrogens with one attached hydrogen (secondary N) is 1. The van der Waals surface area contributed by atoms with Crippen molar-refractivity contribution in [3.63, 3.8) is 0 Å². The molecule has 3 amide bonds. The first-order chi connectivity index (χ1) is 20.4. The number of benzene rings is 1. The second-order valence-corrected chi connectivity index (χ2v) is 13.3. The van der Waals surface area contributed by atoms with Crippen molar-refractivity contribution in [2.75, 3.05) is 32.8 Å². The third-order valence-corrected chi connectivity index (χ3v) is 8.47. The van der Waals surface area contributed by atoms with Gasteiger partial charge in [0.25, 0.3) is 0 Å². The molecular formula is C31H40FN5O6. The number of amides is 3. The maximum absolute atomic E-state index is 14.8. The Hall–Kier alpha value is -3.83. The number of carbonyl (C=O) groups is 3. The fraction of sp³-hybridized carbons (Fsp3) is 0.613. The van der Waals surface area contributed by atoms with Crippen molar-refractivity contribution < 1.29 is 33.0 Å². The van der Waals surface area contributed by atoms with Crippen LogP contribution in [0, 0.1) is 12.8 Å². The molecule has 4 aliphatic rings. The number of ether oxygens (including phenoxy) is 3. The first-order valence-corrected chi connectivity index (χ1v) is 15.1. The summed E-state index contributed by atoms with van der Waals surface area (Å²) in [6.45, 7) is 8.44. The predicted molar refractivity (Wildman–Crippen MR) is 154 cm³/mol. The Morgan fingerprint density at radius 1 is 1.12 bits per heavy atom. The molecule has 1 aliphatic carbocycles. The minimum absolute atomic E-state index is 0.0285. The zero-order valence-corrected chi connectivity index (χ0v) is 25.2. The van der Waals surface area contributed by atoms with E-state index in [-0.39, 0.29) is 25.7 Å². The molecule has 1 saturated carbocycles. The van der Waals surface area contributed by atoms with E-state index in [2.05, 4.69) is 5.32 Å². The largest absolute Gasteiger partial charge is 0.482 e. The number of likely N-dealkylation sites (tertiary alicyclic amines) is 2. The Labute approximate surface area is 250 Å².